The number of ether oxygens (including phenoxy) is 1. The van der Waals surface area contributed by atoms with Crippen molar-refractivity contribution in [2.24, 2.45) is 11.7 Å². The average molecular weight is 390 g/mol. The molecule has 1 unspecified atom stereocenters. The standard InChI is InChI=1S/C17H24ClN3O3.ClH/c1-12-14(18)5-2-6-15(12)24-11-16(22)21-9-3-4-13(10-21)17(23)20-8-7-19;/h2,5-6,13H,3-4,7-11,19H2,1H3,(H,20,23);1H. The molecule has 2 rings (SSSR count). The van der Waals surface area contributed by atoms with Crippen LogP contribution in [-0.4, -0.2) is 49.5 Å². The number of rotatable bonds is 6. The van der Waals surface area contributed by atoms with Crippen LogP contribution in [0, 0.1) is 12.8 Å². The van der Waals surface area contributed by atoms with Gasteiger partial charge in [0.15, 0.2) is 6.61 Å². The van der Waals surface area contributed by atoms with Crippen molar-refractivity contribution >= 4 is 35.8 Å². The van der Waals surface area contributed by atoms with Crippen LogP contribution in [0.5, 0.6) is 5.75 Å². The van der Waals surface area contributed by atoms with Gasteiger partial charge in [-0.15, -0.1) is 12.4 Å². The van der Waals surface area contributed by atoms with Crippen LogP contribution in [0.25, 0.3) is 0 Å². The molecule has 1 aromatic rings. The maximum absolute atomic E-state index is 12.4. The third kappa shape index (κ3) is 6.06. The van der Waals surface area contributed by atoms with E-state index in [0.717, 1.165) is 18.4 Å². The van der Waals surface area contributed by atoms with E-state index in [-0.39, 0.29) is 36.7 Å². The van der Waals surface area contributed by atoms with Gasteiger partial charge in [-0.2, -0.15) is 0 Å². The molecule has 25 heavy (non-hydrogen) atoms. The van der Waals surface area contributed by atoms with E-state index in [9.17, 15) is 9.59 Å². The fourth-order valence-electron chi connectivity index (χ4n) is 2.73. The predicted molar refractivity (Wildman–Crippen MR) is 100 cm³/mol. The van der Waals surface area contributed by atoms with Crippen LogP contribution in [0.2, 0.25) is 5.02 Å². The van der Waals surface area contributed by atoms with Crippen LogP contribution in [0.4, 0.5) is 0 Å². The zero-order chi connectivity index (χ0) is 17.5. The molecule has 0 aromatic heterocycles. The van der Waals surface area contributed by atoms with Gasteiger partial charge >= 0.3 is 0 Å². The maximum Gasteiger partial charge on any atom is 0.260 e. The minimum absolute atomic E-state index is 0. The Labute approximate surface area is 159 Å². The van der Waals surface area contributed by atoms with Crippen molar-refractivity contribution in [2.45, 2.75) is 19.8 Å². The second kappa shape index (κ2) is 10.5. The fourth-order valence-corrected chi connectivity index (χ4v) is 2.90. The molecule has 0 bridgehead atoms. The summed E-state index contributed by atoms with van der Waals surface area (Å²) in [6, 6.07) is 5.35. The van der Waals surface area contributed by atoms with Crippen molar-refractivity contribution in [3.05, 3.63) is 28.8 Å². The third-order valence-electron chi connectivity index (χ3n) is 4.16. The highest BCUT2D eigenvalue weighted by Crippen LogP contribution is 2.25. The van der Waals surface area contributed by atoms with Crippen LogP contribution < -0.4 is 15.8 Å². The number of likely N-dealkylation sites (tertiary alicyclic amines) is 1. The van der Waals surface area contributed by atoms with Gasteiger partial charge in [0, 0.05) is 36.8 Å². The molecule has 1 heterocycles. The molecule has 3 N–H and O–H groups in total. The number of hydrogen-bond donors (Lipinski definition) is 2. The molecule has 1 aliphatic heterocycles. The minimum Gasteiger partial charge on any atom is -0.483 e. The Morgan fingerprint density at radius 1 is 1.44 bits per heavy atom. The quantitative estimate of drug-likeness (QED) is 0.775. The van der Waals surface area contributed by atoms with E-state index >= 15 is 0 Å². The SMILES string of the molecule is Cc1c(Cl)cccc1OCC(=O)N1CCCC(C(=O)NCCN)C1.Cl. The second-order valence-electron chi connectivity index (χ2n) is 5.91. The molecule has 0 radical (unpaired) electrons. The smallest absolute Gasteiger partial charge is 0.260 e. The Kier molecular flexibility index (Phi) is 9.03. The van der Waals surface area contributed by atoms with Crippen molar-refractivity contribution in [3.63, 3.8) is 0 Å². The Hall–Kier alpha value is -1.50. The minimum atomic E-state index is -0.179. The van der Waals surface area contributed by atoms with Gasteiger partial charge < -0.3 is 20.7 Å². The lowest BCUT2D eigenvalue weighted by Crippen LogP contribution is -2.47. The normalized spacial score (nSPS) is 16.8. The number of halogens is 2. The lowest BCUT2D eigenvalue weighted by Gasteiger charge is -2.32. The van der Waals surface area contributed by atoms with E-state index in [4.69, 9.17) is 22.1 Å². The van der Waals surface area contributed by atoms with Gasteiger partial charge in [-0.1, -0.05) is 17.7 Å². The van der Waals surface area contributed by atoms with Crippen LogP contribution >= 0.6 is 24.0 Å². The summed E-state index contributed by atoms with van der Waals surface area (Å²) in [4.78, 5) is 26.1. The number of nitrogens with two attached hydrogens (primary N) is 1. The summed E-state index contributed by atoms with van der Waals surface area (Å²) in [5.74, 6) is 0.266. The zero-order valence-corrected chi connectivity index (χ0v) is 15.9. The number of hydrogen-bond acceptors (Lipinski definition) is 4. The Bertz CT molecular complexity index is 599. The molecule has 140 valence electrons. The van der Waals surface area contributed by atoms with Crippen LogP contribution in [0.3, 0.4) is 0 Å². The van der Waals surface area contributed by atoms with Gasteiger partial charge in [0.25, 0.3) is 5.91 Å². The highest BCUT2D eigenvalue weighted by atomic mass is 35.5. The monoisotopic (exact) mass is 389 g/mol. The molecule has 0 saturated carbocycles. The molecule has 1 atom stereocenters. The third-order valence-corrected chi connectivity index (χ3v) is 4.57. The highest BCUT2D eigenvalue weighted by molar-refractivity contribution is 6.31. The van der Waals surface area contributed by atoms with Gasteiger partial charge in [0.1, 0.15) is 5.75 Å². The first kappa shape index (κ1) is 21.5. The molecular formula is C17H25Cl2N3O3. The van der Waals surface area contributed by atoms with Crippen molar-refractivity contribution in [3.8, 4) is 5.75 Å². The van der Waals surface area contributed by atoms with Crippen LogP contribution in [0.15, 0.2) is 18.2 Å². The van der Waals surface area contributed by atoms with Gasteiger partial charge in [-0.25, -0.2) is 0 Å². The lowest BCUT2D eigenvalue weighted by atomic mass is 9.97. The highest BCUT2D eigenvalue weighted by Gasteiger charge is 2.28. The second-order valence-corrected chi connectivity index (χ2v) is 6.32. The van der Waals surface area contributed by atoms with E-state index in [0.29, 0.717) is 37.0 Å². The van der Waals surface area contributed by atoms with Gasteiger partial charge in [0.2, 0.25) is 5.91 Å². The van der Waals surface area contributed by atoms with E-state index in [1.807, 2.05) is 6.92 Å². The van der Waals surface area contributed by atoms with Crippen LogP contribution in [0.1, 0.15) is 18.4 Å². The van der Waals surface area contributed by atoms with Gasteiger partial charge in [-0.05, 0) is 31.9 Å². The molecule has 0 spiro atoms. The average Bonchev–Trinajstić information content (AvgIpc) is 2.60. The van der Waals surface area contributed by atoms with Crippen molar-refractivity contribution in [2.75, 3.05) is 32.8 Å². The Morgan fingerprint density at radius 2 is 2.20 bits per heavy atom. The molecular weight excluding hydrogens is 365 g/mol. The number of carbonyl (C=O) groups excluding carboxylic acids is 2. The number of piperidine rings is 1. The summed E-state index contributed by atoms with van der Waals surface area (Å²) in [7, 11) is 0. The molecule has 8 heteroatoms. The molecule has 6 nitrogen and oxygen atoms in total. The summed E-state index contributed by atoms with van der Waals surface area (Å²) >= 11 is 6.04. The van der Waals surface area contributed by atoms with Crippen molar-refractivity contribution in [1.82, 2.24) is 10.2 Å². The number of nitrogens with zero attached hydrogens (tertiary/aromatic N) is 1. The number of nitrogens with one attached hydrogen (secondary N) is 1. The summed E-state index contributed by atoms with van der Waals surface area (Å²) in [5.41, 5.74) is 6.20. The zero-order valence-electron chi connectivity index (χ0n) is 14.3. The number of amides is 2. The first-order valence-electron chi connectivity index (χ1n) is 8.16. The summed E-state index contributed by atoms with van der Waals surface area (Å²) in [6.45, 7) is 3.73. The van der Waals surface area contributed by atoms with E-state index in [1.165, 1.54) is 0 Å². The summed E-state index contributed by atoms with van der Waals surface area (Å²) < 4.78 is 5.60. The fraction of sp³-hybridized carbons (Fsp3) is 0.529. The Balaban J connectivity index is 0.00000312. The summed E-state index contributed by atoms with van der Waals surface area (Å²) in [5, 5.41) is 3.39. The van der Waals surface area contributed by atoms with Crippen molar-refractivity contribution < 1.29 is 14.3 Å². The molecule has 0 aliphatic carbocycles. The van der Waals surface area contributed by atoms with Gasteiger partial charge in [-0.3, -0.25) is 9.59 Å². The topological polar surface area (TPSA) is 84.7 Å². The molecule has 1 fully saturated rings. The first-order chi connectivity index (χ1) is 11.5. The molecule has 2 amide bonds. The molecule has 1 aliphatic rings. The number of benzene rings is 1. The summed E-state index contributed by atoms with van der Waals surface area (Å²) in [6.07, 6.45) is 1.59. The van der Waals surface area contributed by atoms with Crippen molar-refractivity contribution in [1.29, 1.82) is 0 Å². The van der Waals surface area contributed by atoms with Gasteiger partial charge in [0.05, 0.1) is 5.92 Å². The lowest BCUT2D eigenvalue weighted by molar-refractivity contribution is -0.137. The van der Waals surface area contributed by atoms with E-state index in [1.54, 1.807) is 23.1 Å². The largest absolute Gasteiger partial charge is 0.483 e. The first-order valence-corrected chi connectivity index (χ1v) is 8.54. The van der Waals surface area contributed by atoms with E-state index < -0.39 is 0 Å². The Morgan fingerprint density at radius 3 is 2.92 bits per heavy atom. The maximum atomic E-state index is 12.4. The molecule has 1 aromatic carbocycles. The molecule has 1 saturated heterocycles. The van der Waals surface area contributed by atoms with E-state index in [2.05, 4.69) is 5.32 Å². The number of carbonyl (C=O) groups is 2. The predicted octanol–water partition coefficient (Wildman–Crippen LogP) is 1.76. The van der Waals surface area contributed by atoms with Crippen LogP contribution in [-0.2, 0) is 9.59 Å².